The molecule has 0 radical (unpaired) electrons. The molecule has 2 heterocycles. The van der Waals surface area contributed by atoms with E-state index < -0.39 is 0 Å². The first-order valence-corrected chi connectivity index (χ1v) is 6.70. The predicted molar refractivity (Wildman–Crippen MR) is 75.9 cm³/mol. The van der Waals surface area contributed by atoms with Crippen LogP contribution in [0.5, 0.6) is 0 Å². The average Bonchev–Trinajstić information content (AvgIpc) is 2.97. The number of rotatable bonds is 2. The highest BCUT2D eigenvalue weighted by atomic mass is 16.2. The van der Waals surface area contributed by atoms with Gasteiger partial charge in [-0.1, -0.05) is 30.3 Å². The number of anilines is 1. The number of carbonyl (C=O) groups excluding carboxylic acids is 1. The normalized spacial score (nSPS) is 18.2. The molecule has 1 atom stereocenters. The molecule has 1 aromatic heterocycles. The molecule has 0 bridgehead atoms. The zero-order valence-corrected chi connectivity index (χ0v) is 11.1. The highest BCUT2D eigenvalue weighted by Gasteiger charge is 2.32. The number of amides is 1. The van der Waals surface area contributed by atoms with Crippen molar-refractivity contribution in [3.05, 3.63) is 54.0 Å². The predicted octanol–water partition coefficient (Wildman–Crippen LogP) is 2.04. The Balaban J connectivity index is 1.90. The topological polar surface area (TPSA) is 72.1 Å². The maximum Gasteiger partial charge on any atom is 0.276 e. The van der Waals surface area contributed by atoms with Crippen LogP contribution in [0.15, 0.2) is 42.7 Å². The van der Waals surface area contributed by atoms with Crippen LogP contribution >= 0.6 is 0 Å². The Hall–Kier alpha value is -2.43. The van der Waals surface area contributed by atoms with Crippen LogP contribution in [0.25, 0.3) is 0 Å². The van der Waals surface area contributed by atoms with Gasteiger partial charge in [-0.05, 0) is 18.4 Å². The second-order valence-electron chi connectivity index (χ2n) is 4.86. The van der Waals surface area contributed by atoms with Gasteiger partial charge in [-0.3, -0.25) is 4.79 Å². The van der Waals surface area contributed by atoms with Crippen molar-refractivity contribution in [3.63, 3.8) is 0 Å². The minimum atomic E-state index is -0.137. The first kappa shape index (κ1) is 12.6. The second kappa shape index (κ2) is 5.28. The van der Waals surface area contributed by atoms with Gasteiger partial charge in [0.05, 0.1) is 6.04 Å². The fourth-order valence-corrected chi connectivity index (χ4v) is 2.68. The summed E-state index contributed by atoms with van der Waals surface area (Å²) >= 11 is 0. The molecule has 1 unspecified atom stereocenters. The van der Waals surface area contributed by atoms with Crippen molar-refractivity contribution in [2.45, 2.75) is 18.9 Å². The van der Waals surface area contributed by atoms with Gasteiger partial charge in [0.25, 0.3) is 5.91 Å². The number of likely N-dealkylation sites (tertiary alicyclic amines) is 1. The number of benzene rings is 1. The lowest BCUT2D eigenvalue weighted by molar-refractivity contribution is 0.0730. The molecule has 102 valence electrons. The molecule has 1 aromatic carbocycles. The molecule has 2 N–H and O–H groups in total. The molecular formula is C15H16N4O. The van der Waals surface area contributed by atoms with Gasteiger partial charge in [-0.25, -0.2) is 9.97 Å². The van der Waals surface area contributed by atoms with Crippen LogP contribution in [0, 0.1) is 0 Å². The van der Waals surface area contributed by atoms with E-state index in [1.54, 1.807) is 0 Å². The van der Waals surface area contributed by atoms with E-state index in [1.165, 1.54) is 12.4 Å². The Labute approximate surface area is 117 Å². The van der Waals surface area contributed by atoms with Gasteiger partial charge in [0.2, 0.25) is 0 Å². The van der Waals surface area contributed by atoms with E-state index in [0.29, 0.717) is 0 Å². The van der Waals surface area contributed by atoms with Crippen LogP contribution in [-0.2, 0) is 0 Å². The Morgan fingerprint density at radius 1 is 1.20 bits per heavy atom. The fourth-order valence-electron chi connectivity index (χ4n) is 2.68. The van der Waals surface area contributed by atoms with Gasteiger partial charge in [0.1, 0.15) is 0 Å². The third kappa shape index (κ3) is 2.22. The van der Waals surface area contributed by atoms with Gasteiger partial charge in [0, 0.05) is 18.9 Å². The van der Waals surface area contributed by atoms with E-state index in [0.717, 1.165) is 24.9 Å². The van der Waals surface area contributed by atoms with Crippen LogP contribution < -0.4 is 5.73 Å². The lowest BCUT2D eigenvalue weighted by Crippen LogP contribution is -2.32. The number of nitrogens with zero attached hydrogens (tertiary/aromatic N) is 3. The molecule has 5 heteroatoms. The van der Waals surface area contributed by atoms with Gasteiger partial charge < -0.3 is 10.6 Å². The van der Waals surface area contributed by atoms with Crippen LogP contribution in [-0.4, -0.2) is 27.3 Å². The van der Waals surface area contributed by atoms with Crippen molar-refractivity contribution >= 4 is 11.7 Å². The van der Waals surface area contributed by atoms with Gasteiger partial charge in [0.15, 0.2) is 11.5 Å². The van der Waals surface area contributed by atoms with Crippen molar-refractivity contribution in [1.29, 1.82) is 0 Å². The molecule has 3 rings (SSSR count). The molecule has 1 amide bonds. The molecule has 1 aliphatic rings. The number of nitrogen functional groups attached to an aromatic ring is 1. The Bertz CT molecular complexity index is 614. The van der Waals surface area contributed by atoms with Crippen molar-refractivity contribution < 1.29 is 4.79 Å². The van der Waals surface area contributed by atoms with Crippen LogP contribution in [0.3, 0.4) is 0 Å². The van der Waals surface area contributed by atoms with E-state index in [9.17, 15) is 4.79 Å². The fraction of sp³-hybridized carbons (Fsp3) is 0.267. The average molecular weight is 268 g/mol. The minimum Gasteiger partial charge on any atom is -0.382 e. The van der Waals surface area contributed by atoms with Crippen molar-refractivity contribution in [2.24, 2.45) is 0 Å². The quantitative estimate of drug-likeness (QED) is 0.904. The van der Waals surface area contributed by atoms with Crippen LogP contribution in [0.2, 0.25) is 0 Å². The zero-order valence-electron chi connectivity index (χ0n) is 11.1. The summed E-state index contributed by atoms with van der Waals surface area (Å²) in [5.74, 6) is 0.0539. The summed E-state index contributed by atoms with van der Waals surface area (Å²) in [5.41, 5.74) is 7.15. The largest absolute Gasteiger partial charge is 0.382 e. The molecule has 1 fully saturated rings. The molecule has 1 aliphatic heterocycles. The number of hydrogen-bond acceptors (Lipinski definition) is 4. The first-order valence-electron chi connectivity index (χ1n) is 6.70. The highest BCUT2D eigenvalue weighted by molar-refractivity contribution is 5.96. The molecule has 1 saturated heterocycles. The summed E-state index contributed by atoms with van der Waals surface area (Å²) in [6.45, 7) is 0.731. The van der Waals surface area contributed by atoms with Crippen molar-refractivity contribution in [2.75, 3.05) is 12.3 Å². The summed E-state index contributed by atoms with van der Waals surface area (Å²) in [7, 11) is 0. The van der Waals surface area contributed by atoms with E-state index in [-0.39, 0.29) is 23.5 Å². The molecule has 20 heavy (non-hydrogen) atoms. The standard InChI is InChI=1S/C15H16N4O/c16-14-13(17-8-9-18-14)15(20)19-10-4-7-12(19)11-5-2-1-3-6-11/h1-3,5-6,8-9,12H,4,7,10H2,(H2,16,18). The maximum atomic E-state index is 12.6. The summed E-state index contributed by atoms with van der Waals surface area (Å²) < 4.78 is 0. The second-order valence-corrected chi connectivity index (χ2v) is 4.86. The zero-order chi connectivity index (χ0) is 13.9. The maximum absolute atomic E-state index is 12.6. The number of nitrogens with two attached hydrogens (primary N) is 1. The van der Waals surface area contributed by atoms with E-state index in [4.69, 9.17) is 5.73 Å². The number of hydrogen-bond donors (Lipinski definition) is 1. The molecule has 0 aliphatic carbocycles. The molecule has 5 nitrogen and oxygen atoms in total. The lowest BCUT2D eigenvalue weighted by Gasteiger charge is -2.25. The Morgan fingerprint density at radius 3 is 2.70 bits per heavy atom. The van der Waals surface area contributed by atoms with E-state index >= 15 is 0 Å². The summed E-state index contributed by atoms with van der Waals surface area (Å²) in [4.78, 5) is 22.4. The molecule has 0 spiro atoms. The summed E-state index contributed by atoms with van der Waals surface area (Å²) in [6.07, 6.45) is 4.95. The van der Waals surface area contributed by atoms with Crippen molar-refractivity contribution in [3.8, 4) is 0 Å². The third-order valence-electron chi connectivity index (χ3n) is 3.63. The lowest BCUT2D eigenvalue weighted by atomic mass is 10.0. The Kier molecular flexibility index (Phi) is 3.33. The van der Waals surface area contributed by atoms with E-state index in [2.05, 4.69) is 22.1 Å². The van der Waals surface area contributed by atoms with Gasteiger partial charge in [-0.15, -0.1) is 0 Å². The SMILES string of the molecule is Nc1nccnc1C(=O)N1CCCC1c1ccccc1. The first-order chi connectivity index (χ1) is 9.77. The third-order valence-corrected chi connectivity index (χ3v) is 3.63. The van der Waals surface area contributed by atoms with Gasteiger partial charge in [-0.2, -0.15) is 0 Å². The number of carbonyl (C=O) groups is 1. The summed E-state index contributed by atoms with van der Waals surface area (Å²) in [6, 6.07) is 10.2. The van der Waals surface area contributed by atoms with Gasteiger partial charge >= 0.3 is 0 Å². The summed E-state index contributed by atoms with van der Waals surface area (Å²) in [5, 5.41) is 0. The molecule has 2 aromatic rings. The Morgan fingerprint density at radius 2 is 1.95 bits per heavy atom. The number of aromatic nitrogens is 2. The smallest absolute Gasteiger partial charge is 0.276 e. The van der Waals surface area contributed by atoms with Crippen LogP contribution in [0.1, 0.15) is 34.9 Å². The molecular weight excluding hydrogens is 252 g/mol. The van der Waals surface area contributed by atoms with E-state index in [1.807, 2.05) is 23.1 Å². The minimum absolute atomic E-state index is 0.102. The van der Waals surface area contributed by atoms with Crippen molar-refractivity contribution in [1.82, 2.24) is 14.9 Å². The highest BCUT2D eigenvalue weighted by Crippen LogP contribution is 2.33. The monoisotopic (exact) mass is 268 g/mol. The van der Waals surface area contributed by atoms with Crippen LogP contribution in [0.4, 0.5) is 5.82 Å². The molecule has 0 saturated carbocycles.